The fourth-order valence-corrected chi connectivity index (χ4v) is 3.93. The SMILES string of the molecule is CCNC(=NCc1ccc(-n2ccnc2C)c(F)c1)NC1CC2CCC1O2. The maximum Gasteiger partial charge on any atom is 0.191 e. The molecule has 4 rings (SSSR count). The van der Waals surface area contributed by atoms with Crippen LogP contribution in [0.15, 0.2) is 35.6 Å². The van der Waals surface area contributed by atoms with E-state index in [1.54, 1.807) is 29.1 Å². The molecule has 144 valence electrons. The molecule has 2 aliphatic rings. The summed E-state index contributed by atoms with van der Waals surface area (Å²) in [4.78, 5) is 8.78. The number of aryl methyl sites for hydroxylation is 1. The van der Waals surface area contributed by atoms with Gasteiger partial charge in [0.25, 0.3) is 0 Å². The van der Waals surface area contributed by atoms with E-state index in [1.165, 1.54) is 6.42 Å². The molecule has 27 heavy (non-hydrogen) atoms. The van der Waals surface area contributed by atoms with E-state index in [-0.39, 0.29) is 11.9 Å². The van der Waals surface area contributed by atoms with Gasteiger partial charge < -0.3 is 19.9 Å². The van der Waals surface area contributed by atoms with Crippen LogP contribution in [0.2, 0.25) is 0 Å². The smallest absolute Gasteiger partial charge is 0.191 e. The maximum absolute atomic E-state index is 14.6. The molecule has 3 unspecified atom stereocenters. The Morgan fingerprint density at radius 3 is 2.93 bits per heavy atom. The second-order valence-corrected chi connectivity index (χ2v) is 7.19. The van der Waals surface area contributed by atoms with Crippen molar-refractivity contribution in [3.05, 3.63) is 47.8 Å². The Labute approximate surface area is 158 Å². The number of imidazole rings is 1. The van der Waals surface area contributed by atoms with Crippen molar-refractivity contribution in [3.63, 3.8) is 0 Å². The Morgan fingerprint density at radius 2 is 2.30 bits per heavy atom. The van der Waals surface area contributed by atoms with Gasteiger partial charge in [0.2, 0.25) is 0 Å². The number of guanidine groups is 1. The first-order valence-corrected chi connectivity index (χ1v) is 9.63. The summed E-state index contributed by atoms with van der Waals surface area (Å²) in [5, 5.41) is 6.75. The lowest BCUT2D eigenvalue weighted by Gasteiger charge is -2.22. The first kappa shape index (κ1) is 18.0. The minimum atomic E-state index is -0.275. The molecule has 2 fully saturated rings. The van der Waals surface area contributed by atoms with Crippen LogP contribution in [0.5, 0.6) is 0 Å². The molecule has 1 aromatic heterocycles. The van der Waals surface area contributed by atoms with E-state index in [0.717, 1.165) is 36.7 Å². The van der Waals surface area contributed by atoms with Crippen LogP contribution in [0, 0.1) is 12.7 Å². The molecule has 2 aliphatic heterocycles. The van der Waals surface area contributed by atoms with Gasteiger partial charge in [0.1, 0.15) is 11.6 Å². The summed E-state index contributed by atoms with van der Waals surface area (Å²) < 4.78 is 22.2. The standard InChI is InChI=1S/C20H26FN5O/c1-3-22-20(25-17-11-15-5-7-19(17)27-15)24-12-14-4-6-18(16(21)10-14)26-9-8-23-13(26)2/h4,6,8-10,15,17,19H,3,5,7,11-12H2,1-2H3,(H2,22,24,25). The van der Waals surface area contributed by atoms with Crippen molar-refractivity contribution < 1.29 is 9.13 Å². The van der Waals surface area contributed by atoms with Crippen LogP contribution < -0.4 is 10.6 Å². The Morgan fingerprint density at radius 1 is 1.41 bits per heavy atom. The van der Waals surface area contributed by atoms with Crippen molar-refractivity contribution in [1.29, 1.82) is 0 Å². The first-order chi connectivity index (χ1) is 13.1. The third kappa shape index (κ3) is 3.83. The van der Waals surface area contributed by atoms with Gasteiger partial charge >= 0.3 is 0 Å². The second kappa shape index (κ2) is 7.68. The van der Waals surface area contributed by atoms with Crippen molar-refractivity contribution >= 4 is 5.96 Å². The molecule has 6 nitrogen and oxygen atoms in total. The van der Waals surface area contributed by atoms with Gasteiger partial charge in [0.15, 0.2) is 5.96 Å². The molecule has 2 bridgehead atoms. The minimum Gasteiger partial charge on any atom is -0.373 e. The number of rotatable bonds is 5. The van der Waals surface area contributed by atoms with Crippen molar-refractivity contribution in [2.24, 2.45) is 4.99 Å². The third-order valence-electron chi connectivity index (χ3n) is 5.29. The monoisotopic (exact) mass is 371 g/mol. The molecule has 0 spiro atoms. The number of ether oxygens (including phenoxy) is 1. The normalized spacial score (nSPS) is 24.4. The number of benzene rings is 1. The quantitative estimate of drug-likeness (QED) is 0.627. The molecule has 2 aromatic rings. The summed E-state index contributed by atoms with van der Waals surface area (Å²) in [5.74, 6) is 1.24. The van der Waals surface area contributed by atoms with E-state index < -0.39 is 0 Å². The molecule has 0 amide bonds. The molecule has 2 N–H and O–H groups in total. The van der Waals surface area contributed by atoms with Gasteiger partial charge in [0, 0.05) is 18.9 Å². The molecule has 7 heteroatoms. The fourth-order valence-electron chi connectivity index (χ4n) is 3.93. The van der Waals surface area contributed by atoms with Gasteiger partial charge in [0.05, 0.1) is 30.5 Å². The third-order valence-corrected chi connectivity index (χ3v) is 5.29. The van der Waals surface area contributed by atoms with Crippen LogP contribution in [0.25, 0.3) is 5.69 Å². The number of aliphatic imine (C=N–C) groups is 1. The van der Waals surface area contributed by atoms with Gasteiger partial charge in [-0.05, 0) is 50.8 Å². The van der Waals surface area contributed by atoms with Crippen molar-refractivity contribution in [2.75, 3.05) is 6.54 Å². The van der Waals surface area contributed by atoms with E-state index in [2.05, 4.69) is 20.6 Å². The first-order valence-electron chi connectivity index (χ1n) is 9.63. The fraction of sp³-hybridized carbons (Fsp3) is 0.500. The number of hydrogen-bond donors (Lipinski definition) is 2. The highest BCUT2D eigenvalue weighted by Crippen LogP contribution is 2.34. The number of halogens is 1. The molecule has 2 saturated heterocycles. The van der Waals surface area contributed by atoms with Crippen LogP contribution >= 0.6 is 0 Å². The van der Waals surface area contributed by atoms with E-state index in [1.807, 2.05) is 19.9 Å². The summed E-state index contributed by atoms with van der Waals surface area (Å²) >= 11 is 0. The van der Waals surface area contributed by atoms with Crippen LogP contribution in [0.4, 0.5) is 4.39 Å². The van der Waals surface area contributed by atoms with Crippen LogP contribution in [0.3, 0.4) is 0 Å². The average molecular weight is 371 g/mol. The molecule has 0 aliphatic carbocycles. The van der Waals surface area contributed by atoms with Crippen LogP contribution in [-0.2, 0) is 11.3 Å². The number of nitrogens with zero attached hydrogens (tertiary/aromatic N) is 3. The Kier molecular flexibility index (Phi) is 5.11. The number of hydrogen-bond acceptors (Lipinski definition) is 3. The highest BCUT2D eigenvalue weighted by molar-refractivity contribution is 5.80. The lowest BCUT2D eigenvalue weighted by Crippen LogP contribution is -2.47. The Balaban J connectivity index is 1.45. The predicted molar refractivity (Wildman–Crippen MR) is 103 cm³/mol. The zero-order valence-electron chi connectivity index (χ0n) is 15.8. The molecule has 3 heterocycles. The second-order valence-electron chi connectivity index (χ2n) is 7.19. The van der Waals surface area contributed by atoms with Crippen LogP contribution in [0.1, 0.15) is 37.6 Å². The molecule has 0 radical (unpaired) electrons. The van der Waals surface area contributed by atoms with Crippen molar-refractivity contribution in [3.8, 4) is 5.69 Å². The largest absolute Gasteiger partial charge is 0.373 e. The zero-order chi connectivity index (χ0) is 18.8. The number of nitrogens with one attached hydrogen (secondary N) is 2. The summed E-state index contributed by atoms with van der Waals surface area (Å²) in [6.45, 7) is 5.08. The Hall–Kier alpha value is -2.41. The lowest BCUT2D eigenvalue weighted by molar-refractivity contribution is 0.0992. The molecule has 3 atom stereocenters. The van der Waals surface area contributed by atoms with Gasteiger partial charge in [-0.3, -0.25) is 0 Å². The topological polar surface area (TPSA) is 63.5 Å². The van der Waals surface area contributed by atoms with Gasteiger partial charge in [-0.1, -0.05) is 6.07 Å². The molecule has 1 aromatic carbocycles. The van der Waals surface area contributed by atoms with E-state index in [9.17, 15) is 4.39 Å². The average Bonchev–Trinajstić information content (AvgIpc) is 3.37. The summed E-state index contributed by atoms with van der Waals surface area (Å²) in [6, 6.07) is 5.54. The van der Waals surface area contributed by atoms with E-state index >= 15 is 0 Å². The van der Waals surface area contributed by atoms with Crippen molar-refractivity contribution in [1.82, 2.24) is 20.2 Å². The van der Waals surface area contributed by atoms with Crippen LogP contribution in [-0.4, -0.2) is 40.3 Å². The number of fused-ring (bicyclic) bond motifs is 2. The lowest BCUT2D eigenvalue weighted by atomic mass is 9.96. The zero-order valence-corrected chi connectivity index (χ0v) is 15.8. The van der Waals surface area contributed by atoms with Gasteiger partial charge in [-0.25, -0.2) is 14.4 Å². The number of aromatic nitrogens is 2. The molecular weight excluding hydrogens is 345 g/mol. The summed E-state index contributed by atoms with van der Waals surface area (Å²) in [5.41, 5.74) is 1.33. The maximum atomic E-state index is 14.6. The van der Waals surface area contributed by atoms with Crippen molar-refractivity contribution in [2.45, 2.75) is 57.9 Å². The highest BCUT2D eigenvalue weighted by Gasteiger charge is 2.41. The summed E-state index contributed by atoms with van der Waals surface area (Å²) in [7, 11) is 0. The highest BCUT2D eigenvalue weighted by atomic mass is 19.1. The Bertz CT molecular complexity index is 834. The van der Waals surface area contributed by atoms with E-state index in [0.29, 0.717) is 24.4 Å². The molecule has 0 saturated carbocycles. The molecular formula is C20H26FN5O. The summed E-state index contributed by atoms with van der Waals surface area (Å²) in [6.07, 6.45) is 7.41. The van der Waals surface area contributed by atoms with Gasteiger partial charge in [-0.15, -0.1) is 0 Å². The van der Waals surface area contributed by atoms with Gasteiger partial charge in [-0.2, -0.15) is 0 Å². The van der Waals surface area contributed by atoms with E-state index in [4.69, 9.17) is 4.74 Å². The predicted octanol–water partition coefficient (Wildman–Crippen LogP) is 2.69. The minimum absolute atomic E-state index is 0.275.